The van der Waals surface area contributed by atoms with Crippen LogP contribution >= 0.6 is 0 Å². The zero-order valence-electron chi connectivity index (χ0n) is 14.4. The van der Waals surface area contributed by atoms with Gasteiger partial charge in [-0.3, -0.25) is 10.1 Å². The molecule has 3 aromatic carbocycles. The summed E-state index contributed by atoms with van der Waals surface area (Å²) in [5.41, 5.74) is 2.96. The summed E-state index contributed by atoms with van der Waals surface area (Å²) in [5, 5.41) is 24.3. The highest BCUT2D eigenvalue weighted by atomic mass is 127. The van der Waals surface area contributed by atoms with Gasteiger partial charge in [-0.05, 0) is 12.1 Å². The molecule has 0 saturated carbocycles. The van der Waals surface area contributed by atoms with Gasteiger partial charge >= 0.3 is 0 Å². The van der Waals surface area contributed by atoms with E-state index in [1.807, 2.05) is 54.6 Å². The summed E-state index contributed by atoms with van der Waals surface area (Å²) in [6, 6.07) is 23.8. The van der Waals surface area contributed by atoms with Crippen molar-refractivity contribution in [1.29, 1.82) is 0 Å². The van der Waals surface area contributed by atoms with E-state index in [0.717, 1.165) is 16.8 Å². The summed E-state index contributed by atoms with van der Waals surface area (Å²) >= 11 is 0. The quantitative estimate of drug-likeness (QED) is 0.242. The van der Waals surface area contributed by atoms with Crippen LogP contribution in [-0.4, -0.2) is 10.8 Å². The molecule has 0 bridgehead atoms. The van der Waals surface area contributed by atoms with Crippen LogP contribution in [0.1, 0.15) is 5.56 Å². The summed E-state index contributed by atoms with van der Waals surface area (Å²) in [6.45, 7) is 0. The monoisotopic (exact) mass is 506 g/mol. The van der Waals surface area contributed by atoms with Crippen LogP contribution < -0.4 is 41.4 Å². The molecule has 1 aliphatic rings. The van der Waals surface area contributed by atoms with E-state index in [4.69, 9.17) is 0 Å². The number of nitro benzene ring substituents is 1. The molecule has 0 saturated heterocycles. The number of hydrogen-bond acceptors (Lipinski definition) is 5. The third-order valence-corrected chi connectivity index (χ3v) is 4.13. The number of nitro groups is 1. The van der Waals surface area contributed by atoms with Gasteiger partial charge in [0.15, 0.2) is 5.69 Å². The van der Waals surface area contributed by atoms with Crippen LogP contribution in [0.2, 0.25) is 0 Å². The molecular weight excluding hydrogens is 493 g/mol. The summed E-state index contributed by atoms with van der Waals surface area (Å²) < 4.78 is 0. The molecule has 1 heterocycles. The molecular formula is C19H14ClIN5O2-. The van der Waals surface area contributed by atoms with Gasteiger partial charge in [-0.1, -0.05) is 53.6 Å². The lowest BCUT2D eigenvalue weighted by Crippen LogP contribution is -3.04. The lowest BCUT2D eigenvalue weighted by atomic mass is 9.97. The lowest BCUT2D eigenvalue weighted by molar-refractivity contribution is -0.739. The Labute approximate surface area is 184 Å². The van der Waals surface area contributed by atoms with Crippen LogP contribution in [0.4, 0.5) is 11.4 Å². The Hall–Kier alpha value is -2.69. The number of nitrogens with zero attached hydrogens (tertiary/aromatic N) is 4. The van der Waals surface area contributed by atoms with Crippen molar-refractivity contribution in [3.05, 3.63) is 94.5 Å². The van der Waals surface area contributed by atoms with Gasteiger partial charge in [0.2, 0.25) is 0 Å². The Morgan fingerprint density at radius 3 is 2.04 bits per heavy atom. The summed E-state index contributed by atoms with van der Waals surface area (Å²) in [7, 11) is 0. The van der Waals surface area contributed by atoms with E-state index >= 15 is 0 Å². The van der Waals surface area contributed by atoms with Crippen LogP contribution in [-0.2, 0) is 0 Å². The van der Waals surface area contributed by atoms with E-state index < -0.39 is 0 Å². The van der Waals surface area contributed by atoms with E-state index in [-0.39, 0.29) is 47.0 Å². The molecule has 7 nitrogen and oxygen atoms in total. The normalized spacial score (nSPS) is 14.6. The van der Waals surface area contributed by atoms with Crippen LogP contribution in [0.3, 0.4) is 0 Å². The zero-order chi connectivity index (χ0) is 17.9. The number of amidine groups is 1. The zero-order valence-corrected chi connectivity index (χ0v) is 17.3. The van der Waals surface area contributed by atoms with Crippen LogP contribution in [0.15, 0.2) is 94.4 Å². The minimum absolute atomic E-state index is 0. The molecule has 1 N–H and O–H groups in total. The molecule has 3 aromatic rings. The fourth-order valence-electron chi connectivity index (χ4n) is 2.96. The van der Waals surface area contributed by atoms with E-state index in [9.17, 15) is 10.1 Å². The first-order chi connectivity index (χ1) is 12.8. The molecule has 1 atom stereocenters. The number of hydrogen-bond donors (Lipinski definition) is 1. The standard InChI is InChI=1S/C19H13N5O2.ClH.HI/c25-24(26)18-13-7-6-11-16(18)15-10-4-5-12-17(15)19-20-21-22-23(19)14-8-2-1-3-9-14;;/h1-13H;2*1H/p-1. The topological polar surface area (TPSA) is 84.7 Å². The number of para-hydroxylation sites is 2. The average molecular weight is 507 g/mol. The second-order valence-corrected chi connectivity index (χ2v) is 5.67. The molecule has 0 amide bonds. The van der Waals surface area contributed by atoms with Crippen LogP contribution in [0.5, 0.6) is 0 Å². The fourth-order valence-corrected chi connectivity index (χ4v) is 2.96. The second kappa shape index (κ2) is 9.49. The Balaban J connectivity index is 0.00000140. The van der Waals surface area contributed by atoms with Crippen LogP contribution in [0, 0.1) is 10.1 Å². The van der Waals surface area contributed by atoms with E-state index in [1.54, 1.807) is 18.2 Å². The number of benzene rings is 3. The van der Waals surface area contributed by atoms with E-state index in [2.05, 4.69) is 15.5 Å². The third kappa shape index (κ3) is 4.08. The summed E-state index contributed by atoms with van der Waals surface area (Å²) in [4.78, 5) is 11.1. The third-order valence-electron chi connectivity index (χ3n) is 4.13. The Morgan fingerprint density at radius 2 is 1.36 bits per heavy atom. The Kier molecular flexibility index (Phi) is 7.32. The highest BCUT2D eigenvalue weighted by molar-refractivity contribution is 6.01. The predicted molar refractivity (Wildman–Crippen MR) is 97.0 cm³/mol. The van der Waals surface area contributed by atoms with Crippen molar-refractivity contribution in [2.75, 3.05) is 0 Å². The molecule has 28 heavy (non-hydrogen) atoms. The number of halogens is 2. The smallest absolute Gasteiger partial charge is 0.288 e. The van der Waals surface area contributed by atoms with Crippen molar-refractivity contribution >= 4 is 17.2 Å². The van der Waals surface area contributed by atoms with Crippen LogP contribution in [0.25, 0.3) is 11.1 Å². The first kappa shape index (κ1) is 21.6. The highest BCUT2D eigenvalue weighted by Crippen LogP contribution is 2.32. The maximum atomic E-state index is 11.4. The predicted octanol–water partition coefficient (Wildman–Crippen LogP) is -2.47. The van der Waals surface area contributed by atoms with Gasteiger partial charge in [0, 0.05) is 29.0 Å². The van der Waals surface area contributed by atoms with Gasteiger partial charge in [0.1, 0.15) is 0 Å². The number of nitrogens with one attached hydrogen (secondary N) is 1. The van der Waals surface area contributed by atoms with Gasteiger partial charge in [-0.15, -0.1) is 5.01 Å². The SMILES string of the molecule is O=[N+]([O-])c1ccccc1-c1ccccc1C1=NN=N[NH+]1c1ccccc1.[Cl-].[I-]. The maximum absolute atomic E-state index is 11.4. The Bertz CT molecular complexity index is 1040. The van der Waals surface area contributed by atoms with Gasteiger partial charge in [-0.2, -0.15) is 0 Å². The number of rotatable bonds is 4. The molecule has 1 unspecified atom stereocenters. The molecule has 0 aliphatic carbocycles. The number of quaternary nitrogens is 1. The van der Waals surface area contributed by atoms with Gasteiger partial charge in [-0.25, -0.2) is 0 Å². The van der Waals surface area contributed by atoms with Gasteiger partial charge in [0.25, 0.3) is 11.5 Å². The molecule has 0 aromatic heterocycles. The molecule has 142 valence electrons. The largest absolute Gasteiger partial charge is 1.00 e. The van der Waals surface area contributed by atoms with E-state index in [0.29, 0.717) is 16.4 Å². The Morgan fingerprint density at radius 1 is 0.786 bits per heavy atom. The first-order valence-electron chi connectivity index (χ1n) is 8.00. The van der Waals surface area contributed by atoms with Crippen molar-refractivity contribution in [3.8, 4) is 11.1 Å². The van der Waals surface area contributed by atoms with Crippen molar-refractivity contribution in [1.82, 2.24) is 0 Å². The molecule has 9 heteroatoms. The summed E-state index contributed by atoms with van der Waals surface area (Å²) in [6.07, 6.45) is 0. The van der Waals surface area contributed by atoms with Crippen molar-refractivity contribution in [2.45, 2.75) is 0 Å². The molecule has 0 fully saturated rings. The van der Waals surface area contributed by atoms with Gasteiger partial charge in [0.05, 0.1) is 21.3 Å². The molecule has 4 rings (SSSR count). The summed E-state index contributed by atoms with van der Waals surface area (Å²) in [5.74, 6) is 0.602. The highest BCUT2D eigenvalue weighted by Gasteiger charge is 2.30. The lowest BCUT2D eigenvalue weighted by Gasteiger charge is -2.12. The van der Waals surface area contributed by atoms with E-state index in [1.165, 1.54) is 6.07 Å². The first-order valence-corrected chi connectivity index (χ1v) is 8.00. The fraction of sp³-hybridized carbons (Fsp3) is 0. The second-order valence-electron chi connectivity index (χ2n) is 5.67. The minimum Gasteiger partial charge on any atom is -1.00 e. The molecule has 0 radical (unpaired) electrons. The molecule has 1 aliphatic heterocycles. The minimum atomic E-state index is -0.376. The van der Waals surface area contributed by atoms with Crippen molar-refractivity contribution in [3.63, 3.8) is 0 Å². The van der Waals surface area contributed by atoms with Crippen molar-refractivity contribution < 1.29 is 46.3 Å². The molecule has 0 spiro atoms. The maximum Gasteiger partial charge on any atom is 0.288 e. The average Bonchev–Trinajstić information content (AvgIpc) is 3.18. The van der Waals surface area contributed by atoms with Gasteiger partial charge < -0.3 is 36.4 Å². The van der Waals surface area contributed by atoms with Crippen molar-refractivity contribution in [2.24, 2.45) is 15.5 Å².